The summed E-state index contributed by atoms with van der Waals surface area (Å²) in [5.41, 5.74) is 0. The molecule has 8 heavy (non-hydrogen) atoms. The van der Waals surface area contributed by atoms with Crippen LogP contribution >= 0.6 is 0 Å². The third-order valence-corrected chi connectivity index (χ3v) is 1.57. The Morgan fingerprint density at radius 1 is 1.50 bits per heavy atom. The van der Waals surface area contributed by atoms with Gasteiger partial charge in [-0.15, -0.1) is 0 Å². The minimum absolute atomic E-state index is 0.255. The van der Waals surface area contributed by atoms with Crippen LogP contribution in [0.25, 0.3) is 0 Å². The van der Waals surface area contributed by atoms with Crippen LogP contribution in [0.5, 0.6) is 0 Å². The smallest absolute Gasteiger partial charge is 0.0699 e. The van der Waals surface area contributed by atoms with Crippen molar-refractivity contribution in [3.63, 3.8) is 0 Å². The lowest BCUT2D eigenvalue weighted by molar-refractivity contribution is 0.544. The minimum Gasteiger partial charge on any atom is -0.0864 e. The Kier molecular flexibility index (Phi) is 4.12. The first-order valence-corrected chi connectivity index (χ1v) is 3.18. The highest BCUT2D eigenvalue weighted by Gasteiger charge is 2.05. The zero-order chi connectivity index (χ0) is 6.57. The van der Waals surface area contributed by atoms with Gasteiger partial charge >= 0.3 is 0 Å². The SMILES string of the molecule is [B]CC(CC)C([B])C. The van der Waals surface area contributed by atoms with Crippen LogP contribution in [0.3, 0.4) is 0 Å². The molecule has 0 nitrogen and oxygen atoms in total. The average molecular weight is 106 g/mol. The molecule has 0 fully saturated rings. The van der Waals surface area contributed by atoms with Gasteiger partial charge < -0.3 is 0 Å². The maximum atomic E-state index is 5.58. The van der Waals surface area contributed by atoms with Gasteiger partial charge in [-0.25, -0.2) is 0 Å². The zero-order valence-corrected chi connectivity index (χ0v) is 5.72. The highest BCUT2D eigenvalue weighted by atomic mass is 14.1. The summed E-state index contributed by atoms with van der Waals surface area (Å²) in [6.07, 6.45) is 1.81. The van der Waals surface area contributed by atoms with Crippen LogP contribution in [0.2, 0.25) is 12.1 Å². The summed E-state index contributed by atoms with van der Waals surface area (Å²) in [7, 11) is 11.0. The van der Waals surface area contributed by atoms with Gasteiger partial charge in [-0.05, 0) is 0 Å². The Morgan fingerprint density at radius 2 is 2.00 bits per heavy atom. The normalized spacial score (nSPS) is 17.8. The van der Waals surface area contributed by atoms with E-state index in [2.05, 4.69) is 6.92 Å². The molecule has 0 aromatic carbocycles. The van der Waals surface area contributed by atoms with E-state index in [1.54, 1.807) is 0 Å². The predicted octanol–water partition coefficient (Wildman–Crippen LogP) is 1.58. The number of hydrogen-bond donors (Lipinski definition) is 0. The van der Waals surface area contributed by atoms with E-state index in [4.69, 9.17) is 15.7 Å². The van der Waals surface area contributed by atoms with Crippen LogP contribution in [-0.4, -0.2) is 15.7 Å². The van der Waals surface area contributed by atoms with Crippen molar-refractivity contribution in [1.29, 1.82) is 0 Å². The molecule has 0 aliphatic heterocycles. The third kappa shape index (κ3) is 2.44. The van der Waals surface area contributed by atoms with Gasteiger partial charge in [0.05, 0.1) is 15.7 Å². The Hall–Kier alpha value is 0.130. The van der Waals surface area contributed by atoms with Crippen LogP contribution in [-0.2, 0) is 0 Å². The second-order valence-electron chi connectivity index (χ2n) is 2.26. The molecule has 0 rings (SSSR count). The monoisotopic (exact) mass is 106 g/mol. The molecular weight excluding hydrogens is 93.7 g/mol. The summed E-state index contributed by atoms with van der Waals surface area (Å²) >= 11 is 0. The van der Waals surface area contributed by atoms with Gasteiger partial charge in [0.15, 0.2) is 0 Å². The molecule has 0 aromatic heterocycles. The second kappa shape index (κ2) is 4.05. The van der Waals surface area contributed by atoms with Crippen molar-refractivity contribution >= 4 is 15.7 Å². The van der Waals surface area contributed by atoms with E-state index in [1.165, 1.54) is 0 Å². The molecular formula is C6H12B2. The number of hydrogen-bond acceptors (Lipinski definition) is 0. The molecule has 0 aliphatic carbocycles. The van der Waals surface area contributed by atoms with Gasteiger partial charge in [0.2, 0.25) is 0 Å². The van der Waals surface area contributed by atoms with E-state index >= 15 is 0 Å². The maximum Gasteiger partial charge on any atom is 0.0699 e. The Bertz CT molecular complexity index is 48.5. The van der Waals surface area contributed by atoms with E-state index in [9.17, 15) is 0 Å². The molecule has 0 N–H and O–H groups in total. The summed E-state index contributed by atoms with van der Waals surface area (Å²) < 4.78 is 0. The molecule has 2 atom stereocenters. The lowest BCUT2D eigenvalue weighted by atomic mass is 9.71. The van der Waals surface area contributed by atoms with Crippen molar-refractivity contribution in [3.8, 4) is 0 Å². The van der Waals surface area contributed by atoms with Gasteiger partial charge in [0, 0.05) is 0 Å². The lowest BCUT2D eigenvalue weighted by Crippen LogP contribution is -2.03. The Morgan fingerprint density at radius 3 is 2.00 bits per heavy atom. The largest absolute Gasteiger partial charge is 0.0864 e. The molecule has 4 radical (unpaired) electrons. The number of rotatable bonds is 3. The molecule has 0 aromatic rings. The van der Waals surface area contributed by atoms with Crippen LogP contribution in [0.4, 0.5) is 0 Å². The third-order valence-electron chi connectivity index (χ3n) is 1.57. The van der Waals surface area contributed by atoms with Crippen molar-refractivity contribution in [2.75, 3.05) is 0 Å². The molecule has 2 unspecified atom stereocenters. The lowest BCUT2D eigenvalue weighted by Gasteiger charge is -2.16. The van der Waals surface area contributed by atoms with E-state index in [-0.39, 0.29) is 5.82 Å². The topological polar surface area (TPSA) is 0 Å². The van der Waals surface area contributed by atoms with Crippen molar-refractivity contribution in [2.45, 2.75) is 32.4 Å². The molecule has 0 amide bonds. The Balaban J connectivity index is 3.35. The minimum atomic E-state index is 0.255. The summed E-state index contributed by atoms with van der Waals surface area (Å²) in [6, 6.07) is 0. The van der Waals surface area contributed by atoms with Crippen LogP contribution < -0.4 is 0 Å². The average Bonchev–Trinajstić information content (AvgIpc) is 1.69. The van der Waals surface area contributed by atoms with Crippen molar-refractivity contribution in [1.82, 2.24) is 0 Å². The molecule has 0 spiro atoms. The molecule has 2 heteroatoms. The van der Waals surface area contributed by atoms with Gasteiger partial charge in [0.25, 0.3) is 0 Å². The molecule has 42 valence electrons. The maximum absolute atomic E-state index is 5.58. The van der Waals surface area contributed by atoms with Gasteiger partial charge in [0.1, 0.15) is 0 Å². The van der Waals surface area contributed by atoms with E-state index < -0.39 is 0 Å². The first kappa shape index (κ1) is 8.13. The van der Waals surface area contributed by atoms with E-state index in [1.807, 2.05) is 6.92 Å². The standard InChI is InChI=1S/C6H12B2/c1-3-6(4-7)5(2)8/h5-6H,3-4H2,1-2H3. The van der Waals surface area contributed by atoms with Gasteiger partial charge in [-0.1, -0.05) is 38.3 Å². The van der Waals surface area contributed by atoms with Gasteiger partial charge in [-0.2, -0.15) is 0 Å². The van der Waals surface area contributed by atoms with Crippen molar-refractivity contribution < 1.29 is 0 Å². The van der Waals surface area contributed by atoms with E-state index in [0.29, 0.717) is 12.2 Å². The fourth-order valence-corrected chi connectivity index (χ4v) is 0.753. The van der Waals surface area contributed by atoms with Crippen molar-refractivity contribution in [3.05, 3.63) is 0 Å². The predicted molar refractivity (Wildman–Crippen MR) is 39.5 cm³/mol. The molecule has 0 bridgehead atoms. The highest BCUT2D eigenvalue weighted by molar-refractivity contribution is 6.13. The summed E-state index contributed by atoms with van der Waals surface area (Å²) in [4.78, 5) is 0. The molecule has 0 saturated carbocycles. The highest BCUT2D eigenvalue weighted by Crippen LogP contribution is 2.19. The molecule has 0 aliphatic rings. The zero-order valence-electron chi connectivity index (χ0n) is 5.72. The fraction of sp³-hybridized carbons (Fsp3) is 1.00. The van der Waals surface area contributed by atoms with Crippen LogP contribution in [0, 0.1) is 5.92 Å². The van der Waals surface area contributed by atoms with Crippen LogP contribution in [0.1, 0.15) is 20.3 Å². The summed E-state index contributed by atoms with van der Waals surface area (Å²) in [6.45, 7) is 4.11. The summed E-state index contributed by atoms with van der Waals surface area (Å²) in [5, 5.41) is 0. The quantitative estimate of drug-likeness (QED) is 0.479. The second-order valence-corrected chi connectivity index (χ2v) is 2.26. The van der Waals surface area contributed by atoms with E-state index in [0.717, 1.165) is 6.42 Å². The molecule has 0 heterocycles. The van der Waals surface area contributed by atoms with Crippen molar-refractivity contribution in [2.24, 2.45) is 5.92 Å². The first-order valence-electron chi connectivity index (χ1n) is 3.18. The Labute approximate surface area is 54.9 Å². The summed E-state index contributed by atoms with van der Waals surface area (Å²) in [5.74, 6) is 0.764. The molecule has 0 saturated heterocycles. The first-order chi connectivity index (χ1) is 3.72. The fourth-order valence-electron chi connectivity index (χ4n) is 0.753. The van der Waals surface area contributed by atoms with Gasteiger partial charge in [-0.3, -0.25) is 0 Å². The van der Waals surface area contributed by atoms with Crippen LogP contribution in [0.15, 0.2) is 0 Å².